The van der Waals surface area contributed by atoms with Gasteiger partial charge in [0.05, 0.1) is 18.4 Å². The molecule has 2 aromatic carbocycles. The van der Waals surface area contributed by atoms with Crippen LogP contribution in [0.15, 0.2) is 47.1 Å². The third-order valence-corrected chi connectivity index (χ3v) is 7.16. The first-order valence-electron chi connectivity index (χ1n) is 11.5. The smallest absolute Gasteiger partial charge is 0.416 e. The molecule has 1 aromatic heterocycles. The molecule has 2 unspecified atom stereocenters. The highest BCUT2D eigenvalue weighted by atomic mass is 35.5. The number of furan rings is 1. The van der Waals surface area contributed by atoms with E-state index < -0.39 is 18.1 Å². The van der Waals surface area contributed by atoms with E-state index in [2.05, 4.69) is 18.0 Å². The second-order valence-corrected chi connectivity index (χ2v) is 9.38. The number of para-hydroxylation sites is 1. The molecule has 0 aliphatic carbocycles. The first-order chi connectivity index (χ1) is 16.5. The maximum Gasteiger partial charge on any atom is 0.416 e. The average molecular weight is 483 g/mol. The molecule has 8 heteroatoms. The minimum atomic E-state index is -0.630. The van der Waals surface area contributed by atoms with Crippen molar-refractivity contribution < 1.29 is 23.5 Å². The fraction of sp³-hybridized carbons (Fsp3) is 0.385. The molecule has 7 nitrogen and oxygen atoms in total. The van der Waals surface area contributed by atoms with Gasteiger partial charge in [-0.2, -0.15) is 0 Å². The Balaban J connectivity index is 1.51. The van der Waals surface area contributed by atoms with E-state index in [1.54, 1.807) is 6.26 Å². The molecule has 178 valence electrons. The van der Waals surface area contributed by atoms with Crippen molar-refractivity contribution in [1.82, 2.24) is 9.80 Å². The maximum atomic E-state index is 13.0. The number of carbonyl (C=O) groups is 2. The Labute approximate surface area is 203 Å². The second-order valence-electron chi connectivity index (χ2n) is 8.98. The van der Waals surface area contributed by atoms with Gasteiger partial charge in [-0.05, 0) is 55.6 Å². The number of likely N-dealkylation sites (N-methyl/N-ethyl adjacent to an activating group) is 1. The molecule has 1 amide bonds. The molecule has 0 saturated carbocycles. The Morgan fingerprint density at radius 3 is 2.82 bits per heavy atom. The Bertz CT molecular complexity index is 1240. The van der Waals surface area contributed by atoms with Crippen LogP contribution in [0.5, 0.6) is 5.75 Å². The average Bonchev–Trinajstić information content (AvgIpc) is 3.49. The quantitative estimate of drug-likeness (QED) is 0.497. The summed E-state index contributed by atoms with van der Waals surface area (Å²) in [6, 6.07) is 11.3. The largest absolute Gasteiger partial charge is 0.467 e. The summed E-state index contributed by atoms with van der Waals surface area (Å²) in [5.41, 5.74) is 4.13. The molecule has 5 rings (SSSR count). The lowest BCUT2D eigenvalue weighted by Crippen LogP contribution is -2.42. The van der Waals surface area contributed by atoms with Crippen LogP contribution in [0.2, 0.25) is 5.02 Å². The van der Waals surface area contributed by atoms with Crippen molar-refractivity contribution in [3.63, 3.8) is 0 Å². The number of hydrogen-bond donors (Lipinski definition) is 0. The second kappa shape index (κ2) is 9.31. The summed E-state index contributed by atoms with van der Waals surface area (Å²) in [4.78, 5) is 28.8. The van der Waals surface area contributed by atoms with E-state index in [0.29, 0.717) is 30.2 Å². The number of esters is 1. The lowest BCUT2D eigenvalue weighted by molar-refractivity contribution is -0.145. The van der Waals surface area contributed by atoms with E-state index in [0.717, 1.165) is 47.2 Å². The van der Waals surface area contributed by atoms with Crippen LogP contribution in [0.1, 0.15) is 35.4 Å². The summed E-state index contributed by atoms with van der Waals surface area (Å²) in [5, 5.41) is 1.43. The number of rotatable bonds is 3. The minimum absolute atomic E-state index is 0.0154. The molecular weight excluding hydrogens is 456 g/mol. The van der Waals surface area contributed by atoms with Gasteiger partial charge in [-0.3, -0.25) is 4.90 Å². The van der Waals surface area contributed by atoms with Gasteiger partial charge in [-0.1, -0.05) is 29.8 Å². The van der Waals surface area contributed by atoms with Gasteiger partial charge in [0.1, 0.15) is 11.6 Å². The van der Waals surface area contributed by atoms with Gasteiger partial charge in [0, 0.05) is 36.5 Å². The monoisotopic (exact) mass is 482 g/mol. The number of halogens is 1. The van der Waals surface area contributed by atoms with Crippen molar-refractivity contribution in [2.24, 2.45) is 0 Å². The van der Waals surface area contributed by atoms with Gasteiger partial charge < -0.3 is 18.8 Å². The zero-order valence-corrected chi connectivity index (χ0v) is 20.0. The van der Waals surface area contributed by atoms with Gasteiger partial charge in [0.15, 0.2) is 5.75 Å². The van der Waals surface area contributed by atoms with Gasteiger partial charge in [0.2, 0.25) is 0 Å². The molecule has 3 aromatic rings. The zero-order chi connectivity index (χ0) is 23.8. The predicted octanol–water partition coefficient (Wildman–Crippen LogP) is 4.84. The topological polar surface area (TPSA) is 72.2 Å². The molecule has 3 heterocycles. The van der Waals surface area contributed by atoms with E-state index in [-0.39, 0.29) is 5.92 Å². The van der Waals surface area contributed by atoms with Gasteiger partial charge >= 0.3 is 12.1 Å². The van der Waals surface area contributed by atoms with Crippen molar-refractivity contribution in [1.29, 1.82) is 0 Å². The van der Waals surface area contributed by atoms with Crippen LogP contribution in [0.4, 0.5) is 4.79 Å². The Morgan fingerprint density at radius 1 is 1.15 bits per heavy atom. The molecule has 0 radical (unpaired) electrons. The summed E-state index contributed by atoms with van der Waals surface area (Å²) < 4.78 is 16.4. The van der Waals surface area contributed by atoms with Crippen LogP contribution in [0.25, 0.3) is 11.0 Å². The normalized spacial score (nSPS) is 20.7. The summed E-state index contributed by atoms with van der Waals surface area (Å²) in [6.07, 6.45) is 3.22. The van der Waals surface area contributed by atoms with Gasteiger partial charge in [-0.15, -0.1) is 0 Å². The Morgan fingerprint density at radius 2 is 2.00 bits per heavy atom. The van der Waals surface area contributed by atoms with E-state index in [4.69, 9.17) is 25.5 Å². The van der Waals surface area contributed by atoms with Crippen molar-refractivity contribution >= 4 is 34.6 Å². The van der Waals surface area contributed by atoms with Crippen LogP contribution < -0.4 is 4.74 Å². The molecule has 34 heavy (non-hydrogen) atoms. The SMILES string of the molecule is COC(=O)C1CCCN1C(=O)Oc1cc2c(cc1Cl)CCN(C)CC2c1cccc2ccoc12. The number of carbonyl (C=O) groups excluding carboxylic acids is 2. The first-order valence-corrected chi connectivity index (χ1v) is 11.9. The third kappa shape index (κ3) is 4.14. The molecule has 0 spiro atoms. The van der Waals surface area contributed by atoms with E-state index >= 15 is 0 Å². The molecular formula is C26H27ClN2O5. The van der Waals surface area contributed by atoms with Crippen molar-refractivity contribution in [3.8, 4) is 5.75 Å². The van der Waals surface area contributed by atoms with Crippen molar-refractivity contribution in [2.45, 2.75) is 31.2 Å². The Hall–Kier alpha value is -3.03. The molecule has 2 aliphatic heterocycles. The van der Waals surface area contributed by atoms with E-state index in [1.165, 1.54) is 12.0 Å². The van der Waals surface area contributed by atoms with Crippen LogP contribution in [-0.2, 0) is 16.0 Å². The highest BCUT2D eigenvalue weighted by Gasteiger charge is 2.36. The van der Waals surface area contributed by atoms with Crippen LogP contribution >= 0.6 is 11.6 Å². The number of ether oxygens (including phenoxy) is 2. The molecule has 2 aliphatic rings. The number of nitrogens with zero attached hydrogens (tertiary/aromatic N) is 2. The number of likely N-dealkylation sites (tertiary alicyclic amines) is 1. The highest BCUT2D eigenvalue weighted by Crippen LogP contribution is 2.40. The summed E-state index contributed by atoms with van der Waals surface area (Å²) in [6.45, 7) is 2.12. The van der Waals surface area contributed by atoms with Crippen LogP contribution in [-0.4, -0.2) is 61.7 Å². The summed E-state index contributed by atoms with van der Waals surface area (Å²) >= 11 is 6.58. The molecule has 1 fully saturated rings. The van der Waals surface area contributed by atoms with Crippen LogP contribution in [0, 0.1) is 0 Å². The third-order valence-electron chi connectivity index (χ3n) is 6.87. The van der Waals surface area contributed by atoms with E-state index in [1.807, 2.05) is 30.3 Å². The number of methoxy groups -OCH3 is 1. The van der Waals surface area contributed by atoms with Gasteiger partial charge in [-0.25, -0.2) is 9.59 Å². The number of fused-ring (bicyclic) bond motifs is 2. The predicted molar refractivity (Wildman–Crippen MR) is 128 cm³/mol. The number of hydrogen-bond acceptors (Lipinski definition) is 6. The fourth-order valence-electron chi connectivity index (χ4n) is 5.12. The number of amides is 1. The first kappa shape index (κ1) is 22.7. The molecule has 0 N–H and O–H groups in total. The molecule has 0 bridgehead atoms. The van der Waals surface area contributed by atoms with Crippen LogP contribution in [0.3, 0.4) is 0 Å². The molecule has 2 atom stereocenters. The zero-order valence-electron chi connectivity index (χ0n) is 19.3. The standard InChI is InChI=1S/C26H27ClN2O5/c1-28-11-8-17-13-21(27)23(34-26(31)29-10-4-7-22(29)25(30)32-2)14-19(17)20(15-28)18-6-3-5-16-9-12-33-24(16)18/h3,5-6,9,12-14,20,22H,4,7-8,10-11,15H2,1-2H3. The lowest BCUT2D eigenvalue weighted by atomic mass is 9.87. The fourth-order valence-corrected chi connectivity index (χ4v) is 5.34. The Kier molecular flexibility index (Phi) is 6.23. The molecule has 1 saturated heterocycles. The van der Waals surface area contributed by atoms with E-state index in [9.17, 15) is 9.59 Å². The maximum absolute atomic E-state index is 13.0. The lowest BCUT2D eigenvalue weighted by Gasteiger charge is -2.24. The minimum Gasteiger partial charge on any atom is -0.467 e. The highest BCUT2D eigenvalue weighted by molar-refractivity contribution is 6.32. The van der Waals surface area contributed by atoms with Crippen molar-refractivity contribution in [3.05, 3.63) is 64.4 Å². The van der Waals surface area contributed by atoms with Gasteiger partial charge in [0.25, 0.3) is 0 Å². The summed E-state index contributed by atoms with van der Waals surface area (Å²) in [5.74, 6) is -0.124. The number of benzene rings is 2. The van der Waals surface area contributed by atoms with Crippen molar-refractivity contribution in [2.75, 3.05) is 33.8 Å². The summed E-state index contributed by atoms with van der Waals surface area (Å²) in [7, 11) is 3.42.